The molecule has 0 aromatic carbocycles. The highest BCUT2D eigenvalue weighted by atomic mass is 16.5. The first-order valence-corrected chi connectivity index (χ1v) is 10.3. The van der Waals surface area contributed by atoms with Gasteiger partial charge >= 0.3 is 11.9 Å². The van der Waals surface area contributed by atoms with Gasteiger partial charge in [-0.1, -0.05) is 65.7 Å². The summed E-state index contributed by atoms with van der Waals surface area (Å²) >= 11 is 0. The molecule has 0 saturated carbocycles. The van der Waals surface area contributed by atoms with E-state index in [1.807, 2.05) is 6.92 Å². The Morgan fingerprint density at radius 3 is 1.92 bits per heavy atom. The minimum Gasteiger partial charge on any atom is -0.466 e. The van der Waals surface area contributed by atoms with Crippen LogP contribution in [0.3, 0.4) is 0 Å². The molecule has 25 heavy (non-hydrogen) atoms. The molecule has 0 aromatic rings. The summed E-state index contributed by atoms with van der Waals surface area (Å²) in [5.74, 6) is 0.00230. The van der Waals surface area contributed by atoms with Crippen molar-refractivity contribution in [3.05, 3.63) is 0 Å². The van der Waals surface area contributed by atoms with Crippen LogP contribution in [0.15, 0.2) is 0 Å². The molecule has 0 aliphatic rings. The average molecular weight is 357 g/mol. The number of hydrogen-bond donors (Lipinski definition) is 0. The predicted molar refractivity (Wildman–Crippen MR) is 102 cm³/mol. The van der Waals surface area contributed by atoms with E-state index < -0.39 is 0 Å². The maximum absolute atomic E-state index is 11.7. The Labute approximate surface area is 155 Å². The molecule has 0 rings (SSSR count). The monoisotopic (exact) mass is 356 g/mol. The highest BCUT2D eigenvalue weighted by Crippen LogP contribution is 2.11. The molecule has 0 aliphatic carbocycles. The fourth-order valence-electron chi connectivity index (χ4n) is 2.61. The Kier molecular flexibility index (Phi) is 15.7. The van der Waals surface area contributed by atoms with Gasteiger partial charge in [0.05, 0.1) is 25.6 Å². The molecule has 4 nitrogen and oxygen atoms in total. The number of esters is 2. The largest absolute Gasteiger partial charge is 0.466 e. The Bertz CT molecular complexity index is 339. The summed E-state index contributed by atoms with van der Waals surface area (Å²) in [4.78, 5) is 23.3. The summed E-state index contributed by atoms with van der Waals surface area (Å²) in [5, 5.41) is 0. The fraction of sp³-hybridized carbons (Fsp3) is 0.905. The second kappa shape index (κ2) is 16.4. The van der Waals surface area contributed by atoms with Crippen molar-refractivity contribution in [2.45, 2.75) is 111 Å². The minimum atomic E-state index is -0.305. The van der Waals surface area contributed by atoms with E-state index in [0.717, 1.165) is 25.7 Å². The molecule has 0 saturated heterocycles. The summed E-state index contributed by atoms with van der Waals surface area (Å²) < 4.78 is 10.5. The Hall–Kier alpha value is -1.06. The second-order valence-corrected chi connectivity index (χ2v) is 7.47. The molecule has 4 heteroatoms. The highest BCUT2D eigenvalue weighted by molar-refractivity contribution is 5.77. The molecule has 0 N–H and O–H groups in total. The van der Waals surface area contributed by atoms with Gasteiger partial charge in [0.25, 0.3) is 0 Å². The van der Waals surface area contributed by atoms with Crippen LogP contribution < -0.4 is 0 Å². The zero-order valence-corrected chi connectivity index (χ0v) is 17.0. The van der Waals surface area contributed by atoms with Crippen molar-refractivity contribution in [3.63, 3.8) is 0 Å². The first-order valence-electron chi connectivity index (χ1n) is 10.3. The second-order valence-electron chi connectivity index (χ2n) is 7.47. The SMILES string of the molecule is CCCCCCCCCCOC(=O)CCC(=O)OC(C)CCC(C)C. The van der Waals surface area contributed by atoms with Crippen LogP contribution in [0.1, 0.15) is 105 Å². The van der Waals surface area contributed by atoms with E-state index in [1.165, 1.54) is 38.5 Å². The molecule has 0 fully saturated rings. The van der Waals surface area contributed by atoms with E-state index in [4.69, 9.17) is 9.47 Å². The van der Waals surface area contributed by atoms with Gasteiger partial charge in [-0.05, 0) is 32.1 Å². The normalized spacial score (nSPS) is 12.2. The quantitative estimate of drug-likeness (QED) is 0.258. The molecule has 1 unspecified atom stereocenters. The number of ether oxygens (including phenoxy) is 2. The molecule has 0 amide bonds. The lowest BCUT2D eigenvalue weighted by atomic mass is 10.1. The van der Waals surface area contributed by atoms with Gasteiger partial charge in [-0.25, -0.2) is 0 Å². The number of carbonyl (C=O) groups is 2. The van der Waals surface area contributed by atoms with Crippen molar-refractivity contribution in [1.82, 2.24) is 0 Å². The third-order valence-corrected chi connectivity index (χ3v) is 4.28. The van der Waals surface area contributed by atoms with Crippen molar-refractivity contribution in [2.24, 2.45) is 5.92 Å². The summed E-state index contributed by atoms with van der Waals surface area (Å²) in [6, 6.07) is 0. The lowest BCUT2D eigenvalue weighted by molar-refractivity contribution is -0.153. The first-order chi connectivity index (χ1) is 12.0. The minimum absolute atomic E-state index is 0.0803. The van der Waals surface area contributed by atoms with E-state index in [0.29, 0.717) is 12.5 Å². The molecule has 0 aliphatic heterocycles. The zero-order chi connectivity index (χ0) is 18.9. The zero-order valence-electron chi connectivity index (χ0n) is 17.0. The van der Waals surface area contributed by atoms with Gasteiger partial charge in [-0.2, -0.15) is 0 Å². The molecule has 0 radical (unpaired) electrons. The van der Waals surface area contributed by atoms with Crippen molar-refractivity contribution >= 4 is 11.9 Å². The van der Waals surface area contributed by atoms with Gasteiger partial charge in [0.1, 0.15) is 0 Å². The number of unbranched alkanes of at least 4 members (excludes halogenated alkanes) is 7. The standard InChI is InChI=1S/C21H40O4/c1-5-6-7-8-9-10-11-12-17-24-20(22)15-16-21(23)25-19(4)14-13-18(2)3/h18-19H,5-17H2,1-4H3. The van der Waals surface area contributed by atoms with Gasteiger partial charge < -0.3 is 9.47 Å². The van der Waals surface area contributed by atoms with Crippen LogP contribution in [0.25, 0.3) is 0 Å². The van der Waals surface area contributed by atoms with Crippen LogP contribution in [0.2, 0.25) is 0 Å². The molecule has 0 aromatic heterocycles. The number of rotatable bonds is 16. The van der Waals surface area contributed by atoms with E-state index in [-0.39, 0.29) is 30.9 Å². The summed E-state index contributed by atoms with van der Waals surface area (Å²) in [6.45, 7) is 8.89. The lowest BCUT2D eigenvalue weighted by Crippen LogP contribution is -2.17. The van der Waals surface area contributed by atoms with Crippen LogP contribution in [0.5, 0.6) is 0 Å². The maximum Gasteiger partial charge on any atom is 0.306 e. The Morgan fingerprint density at radius 1 is 0.760 bits per heavy atom. The van der Waals surface area contributed by atoms with E-state index in [1.54, 1.807) is 0 Å². The summed E-state index contributed by atoms with van der Waals surface area (Å²) in [5.41, 5.74) is 0. The third-order valence-electron chi connectivity index (χ3n) is 4.28. The van der Waals surface area contributed by atoms with Crippen LogP contribution >= 0.6 is 0 Å². The molecule has 1 atom stereocenters. The number of hydrogen-bond acceptors (Lipinski definition) is 4. The van der Waals surface area contributed by atoms with Crippen molar-refractivity contribution in [3.8, 4) is 0 Å². The van der Waals surface area contributed by atoms with E-state index in [2.05, 4.69) is 20.8 Å². The van der Waals surface area contributed by atoms with Gasteiger partial charge in [0.15, 0.2) is 0 Å². The molecular formula is C21H40O4. The number of carbonyl (C=O) groups excluding carboxylic acids is 2. The third kappa shape index (κ3) is 17.6. The van der Waals surface area contributed by atoms with Gasteiger partial charge in [0, 0.05) is 0 Å². The van der Waals surface area contributed by atoms with Gasteiger partial charge in [-0.15, -0.1) is 0 Å². The van der Waals surface area contributed by atoms with Crippen LogP contribution in [-0.2, 0) is 19.1 Å². The van der Waals surface area contributed by atoms with Crippen molar-refractivity contribution < 1.29 is 19.1 Å². The molecular weight excluding hydrogens is 316 g/mol. The average Bonchev–Trinajstić information content (AvgIpc) is 2.56. The Morgan fingerprint density at radius 2 is 1.32 bits per heavy atom. The molecule has 0 spiro atoms. The fourth-order valence-corrected chi connectivity index (χ4v) is 2.61. The topological polar surface area (TPSA) is 52.6 Å². The van der Waals surface area contributed by atoms with Crippen LogP contribution in [0, 0.1) is 5.92 Å². The molecule has 148 valence electrons. The molecule has 0 heterocycles. The predicted octanol–water partition coefficient (Wildman–Crippen LogP) is 5.82. The molecule has 0 bridgehead atoms. The summed E-state index contributed by atoms with van der Waals surface area (Å²) in [6.07, 6.45) is 11.8. The first kappa shape index (κ1) is 23.9. The lowest BCUT2D eigenvalue weighted by Gasteiger charge is -2.14. The maximum atomic E-state index is 11.7. The van der Waals surface area contributed by atoms with E-state index >= 15 is 0 Å². The Balaban J connectivity index is 3.49. The van der Waals surface area contributed by atoms with Crippen molar-refractivity contribution in [2.75, 3.05) is 6.61 Å². The van der Waals surface area contributed by atoms with E-state index in [9.17, 15) is 9.59 Å². The smallest absolute Gasteiger partial charge is 0.306 e. The van der Waals surface area contributed by atoms with Gasteiger partial charge in [0.2, 0.25) is 0 Å². The summed E-state index contributed by atoms with van der Waals surface area (Å²) in [7, 11) is 0. The van der Waals surface area contributed by atoms with Crippen molar-refractivity contribution in [1.29, 1.82) is 0 Å². The van der Waals surface area contributed by atoms with Crippen LogP contribution in [0.4, 0.5) is 0 Å². The highest BCUT2D eigenvalue weighted by Gasteiger charge is 2.13. The van der Waals surface area contributed by atoms with Crippen LogP contribution in [-0.4, -0.2) is 24.6 Å². The van der Waals surface area contributed by atoms with Gasteiger partial charge in [-0.3, -0.25) is 9.59 Å².